The van der Waals surface area contributed by atoms with Crippen LogP contribution in [0.4, 0.5) is 17.2 Å². The first-order chi connectivity index (χ1) is 17.7. The minimum Gasteiger partial charge on any atom is -0.490 e. The quantitative estimate of drug-likeness (QED) is 0.275. The van der Waals surface area contributed by atoms with E-state index in [0.29, 0.717) is 54.4 Å². The Kier molecular flexibility index (Phi) is 11.5. The summed E-state index contributed by atoms with van der Waals surface area (Å²) in [4.78, 5) is 11.2. The molecule has 38 heavy (non-hydrogen) atoms. The van der Waals surface area contributed by atoms with E-state index in [1.165, 1.54) is 6.33 Å². The standard InChI is InChI=1S/C26H30BrN5O4.2ClH/c1-2-34-23-15-21-18(13-22(23)35-10-4-7-32-8-11-33-12-9-32)16-28-24-25(29-17-30-26(24)36-21)31-20-6-3-5-19(27)14-20;;/h3,5-6,13-15,17,28H,2,4,7-12,16H2,1H3,(H,29,30,31);2*1H. The Bertz CT molecular complexity index is 1200. The summed E-state index contributed by atoms with van der Waals surface area (Å²) >= 11 is 3.51. The van der Waals surface area contributed by atoms with Crippen LogP contribution in [0.5, 0.6) is 23.1 Å². The number of nitrogens with zero attached hydrogens (tertiary/aromatic N) is 3. The number of rotatable bonds is 9. The van der Waals surface area contributed by atoms with E-state index < -0.39 is 0 Å². The number of benzene rings is 2. The lowest BCUT2D eigenvalue weighted by Gasteiger charge is -2.26. The van der Waals surface area contributed by atoms with E-state index >= 15 is 0 Å². The van der Waals surface area contributed by atoms with Gasteiger partial charge in [-0.3, -0.25) is 4.90 Å². The Morgan fingerprint density at radius 2 is 1.89 bits per heavy atom. The van der Waals surface area contributed by atoms with Crippen molar-refractivity contribution in [3.63, 3.8) is 0 Å². The Morgan fingerprint density at radius 1 is 1.08 bits per heavy atom. The summed E-state index contributed by atoms with van der Waals surface area (Å²) in [7, 11) is 0. The van der Waals surface area contributed by atoms with Crippen molar-refractivity contribution >= 4 is 57.9 Å². The Labute approximate surface area is 243 Å². The van der Waals surface area contributed by atoms with E-state index in [1.54, 1.807) is 0 Å². The number of morpholine rings is 1. The molecule has 3 heterocycles. The first-order valence-corrected chi connectivity index (χ1v) is 13.0. The van der Waals surface area contributed by atoms with Crippen molar-refractivity contribution in [1.82, 2.24) is 14.9 Å². The monoisotopic (exact) mass is 627 g/mol. The zero-order chi connectivity index (χ0) is 24.7. The summed E-state index contributed by atoms with van der Waals surface area (Å²) in [6, 6.07) is 11.8. The van der Waals surface area contributed by atoms with Gasteiger partial charge in [0.15, 0.2) is 17.3 Å². The van der Waals surface area contributed by atoms with Gasteiger partial charge in [0, 0.05) is 48.0 Å². The molecular weight excluding hydrogens is 597 g/mol. The molecule has 2 N–H and O–H groups in total. The van der Waals surface area contributed by atoms with Crippen LogP contribution in [-0.2, 0) is 11.3 Å². The maximum absolute atomic E-state index is 6.23. The largest absolute Gasteiger partial charge is 0.490 e. The molecule has 0 spiro atoms. The average molecular weight is 629 g/mol. The van der Waals surface area contributed by atoms with Gasteiger partial charge in [0.1, 0.15) is 17.8 Å². The molecule has 0 radical (unpaired) electrons. The lowest BCUT2D eigenvalue weighted by Crippen LogP contribution is -2.37. The minimum atomic E-state index is 0. The SMILES string of the molecule is CCOc1cc2c(cc1OCCCN1CCOCC1)CNc1c(Nc3cccc(Br)c3)ncnc1O2.Cl.Cl. The van der Waals surface area contributed by atoms with Crippen molar-refractivity contribution < 1.29 is 18.9 Å². The van der Waals surface area contributed by atoms with E-state index in [1.807, 2.05) is 43.3 Å². The number of fused-ring (bicyclic) bond motifs is 2. The molecule has 2 aliphatic heterocycles. The minimum absolute atomic E-state index is 0. The van der Waals surface area contributed by atoms with Crippen molar-refractivity contribution in [2.45, 2.75) is 19.9 Å². The molecule has 1 fully saturated rings. The third-order valence-corrected chi connectivity index (χ3v) is 6.46. The zero-order valence-corrected chi connectivity index (χ0v) is 24.3. The summed E-state index contributed by atoms with van der Waals surface area (Å²) in [6.45, 7) is 8.18. The fraction of sp³-hybridized carbons (Fsp3) is 0.385. The summed E-state index contributed by atoms with van der Waals surface area (Å²) in [6.07, 6.45) is 2.42. The van der Waals surface area contributed by atoms with Gasteiger partial charge in [-0.1, -0.05) is 22.0 Å². The van der Waals surface area contributed by atoms with Gasteiger partial charge < -0.3 is 29.6 Å². The number of aromatic nitrogens is 2. The van der Waals surface area contributed by atoms with Crippen LogP contribution in [0.1, 0.15) is 18.9 Å². The second-order valence-corrected chi connectivity index (χ2v) is 9.40. The van der Waals surface area contributed by atoms with Crippen molar-refractivity contribution in [1.29, 1.82) is 0 Å². The molecule has 12 heteroatoms. The number of hydrogen-bond acceptors (Lipinski definition) is 9. The molecule has 0 amide bonds. The molecule has 0 aliphatic carbocycles. The van der Waals surface area contributed by atoms with Crippen LogP contribution in [-0.4, -0.2) is 60.9 Å². The predicted octanol–water partition coefficient (Wildman–Crippen LogP) is 6.04. The second-order valence-electron chi connectivity index (χ2n) is 8.49. The number of halogens is 3. The first kappa shape index (κ1) is 30.0. The van der Waals surface area contributed by atoms with Gasteiger partial charge in [0.05, 0.1) is 26.4 Å². The second kappa shape index (κ2) is 14.6. The summed E-state index contributed by atoms with van der Waals surface area (Å²) in [5, 5.41) is 6.78. The van der Waals surface area contributed by atoms with Gasteiger partial charge in [-0.2, -0.15) is 4.98 Å². The molecule has 2 aliphatic rings. The molecule has 1 saturated heterocycles. The normalized spacial score (nSPS) is 14.3. The molecule has 0 bridgehead atoms. The van der Waals surface area contributed by atoms with E-state index in [4.69, 9.17) is 18.9 Å². The van der Waals surface area contributed by atoms with Crippen molar-refractivity contribution in [3.8, 4) is 23.1 Å². The van der Waals surface area contributed by atoms with Crippen LogP contribution in [0.15, 0.2) is 47.2 Å². The molecule has 0 unspecified atom stereocenters. The van der Waals surface area contributed by atoms with Gasteiger partial charge >= 0.3 is 0 Å². The molecule has 1 aromatic heterocycles. The smallest absolute Gasteiger partial charge is 0.248 e. The Hall–Kier alpha value is -2.50. The van der Waals surface area contributed by atoms with E-state index in [9.17, 15) is 0 Å². The number of ether oxygens (including phenoxy) is 4. The number of nitrogens with one attached hydrogen (secondary N) is 2. The maximum atomic E-state index is 6.23. The third-order valence-electron chi connectivity index (χ3n) is 5.97. The fourth-order valence-electron chi connectivity index (χ4n) is 4.18. The molecule has 206 valence electrons. The van der Waals surface area contributed by atoms with Crippen LogP contribution >= 0.6 is 40.7 Å². The summed E-state index contributed by atoms with van der Waals surface area (Å²) in [5.41, 5.74) is 2.55. The molecular formula is C26H32BrCl2N5O4. The van der Waals surface area contributed by atoms with Gasteiger partial charge in [-0.15, -0.1) is 24.8 Å². The molecule has 0 atom stereocenters. The van der Waals surface area contributed by atoms with E-state index in [-0.39, 0.29) is 24.8 Å². The third kappa shape index (κ3) is 7.54. The summed E-state index contributed by atoms with van der Waals surface area (Å²) < 4.78 is 24.7. The van der Waals surface area contributed by atoms with Gasteiger partial charge in [0.25, 0.3) is 0 Å². The van der Waals surface area contributed by atoms with E-state index in [0.717, 1.165) is 55.0 Å². The predicted molar refractivity (Wildman–Crippen MR) is 156 cm³/mol. The first-order valence-electron chi connectivity index (χ1n) is 12.2. The Morgan fingerprint density at radius 3 is 2.68 bits per heavy atom. The van der Waals surface area contributed by atoms with Gasteiger partial charge in [0.2, 0.25) is 5.88 Å². The van der Waals surface area contributed by atoms with Crippen molar-refractivity contribution in [2.75, 3.05) is 56.7 Å². The molecule has 9 nitrogen and oxygen atoms in total. The van der Waals surface area contributed by atoms with Crippen LogP contribution in [0, 0.1) is 0 Å². The van der Waals surface area contributed by atoms with Crippen LogP contribution in [0.25, 0.3) is 0 Å². The topological polar surface area (TPSA) is 90.0 Å². The Balaban J connectivity index is 0.00000200. The van der Waals surface area contributed by atoms with Gasteiger partial charge in [-0.05, 0) is 37.6 Å². The maximum Gasteiger partial charge on any atom is 0.248 e. The molecule has 0 saturated carbocycles. The molecule has 5 rings (SSSR count). The van der Waals surface area contributed by atoms with Crippen LogP contribution in [0.3, 0.4) is 0 Å². The van der Waals surface area contributed by atoms with Crippen LogP contribution in [0.2, 0.25) is 0 Å². The average Bonchev–Trinajstić information content (AvgIpc) is 3.07. The zero-order valence-electron chi connectivity index (χ0n) is 21.1. The van der Waals surface area contributed by atoms with Crippen molar-refractivity contribution in [3.05, 3.63) is 52.8 Å². The number of anilines is 3. The highest BCUT2D eigenvalue weighted by atomic mass is 79.9. The molecule has 3 aromatic rings. The summed E-state index contributed by atoms with van der Waals surface area (Å²) in [5.74, 6) is 3.14. The van der Waals surface area contributed by atoms with Crippen LogP contribution < -0.4 is 24.8 Å². The highest BCUT2D eigenvalue weighted by Gasteiger charge is 2.22. The van der Waals surface area contributed by atoms with Gasteiger partial charge in [-0.25, -0.2) is 4.98 Å². The number of hydrogen-bond donors (Lipinski definition) is 2. The van der Waals surface area contributed by atoms with E-state index in [2.05, 4.69) is 41.4 Å². The highest BCUT2D eigenvalue weighted by Crippen LogP contribution is 2.42. The lowest BCUT2D eigenvalue weighted by molar-refractivity contribution is 0.0357. The highest BCUT2D eigenvalue weighted by molar-refractivity contribution is 9.10. The lowest BCUT2D eigenvalue weighted by atomic mass is 10.1. The van der Waals surface area contributed by atoms with Crippen molar-refractivity contribution in [2.24, 2.45) is 0 Å². The fourth-order valence-corrected chi connectivity index (χ4v) is 4.58. The molecule has 2 aromatic carbocycles.